The summed E-state index contributed by atoms with van der Waals surface area (Å²) in [6.45, 7) is 10.3. The minimum Gasteiger partial charge on any atom is -0.466 e. The summed E-state index contributed by atoms with van der Waals surface area (Å²) < 4.78 is 17.9. The first-order valence-electron chi connectivity index (χ1n) is 10.5. The lowest BCUT2D eigenvalue weighted by Gasteiger charge is -2.34. The maximum atomic E-state index is 13.0. The van der Waals surface area contributed by atoms with Crippen LogP contribution in [0.5, 0.6) is 0 Å². The lowest BCUT2D eigenvalue weighted by molar-refractivity contribution is -0.143. The van der Waals surface area contributed by atoms with Gasteiger partial charge in [-0.3, -0.25) is 19.5 Å². The minimum absolute atomic E-state index is 0.117. The molecule has 1 fully saturated rings. The van der Waals surface area contributed by atoms with E-state index in [0.29, 0.717) is 32.0 Å². The molecule has 7 heteroatoms. The molecule has 6 nitrogen and oxygen atoms in total. The fourth-order valence-corrected chi connectivity index (χ4v) is 3.49. The zero-order chi connectivity index (χ0) is 21.4. The molecule has 0 bridgehead atoms. The number of aryl methyl sites for hydroxylation is 1. The van der Waals surface area contributed by atoms with E-state index in [1.165, 1.54) is 0 Å². The van der Waals surface area contributed by atoms with Crippen molar-refractivity contribution in [1.29, 1.82) is 0 Å². The highest BCUT2D eigenvalue weighted by Gasteiger charge is 2.26. The maximum absolute atomic E-state index is 13.0. The number of halogens is 1. The molecule has 1 amide bonds. The van der Waals surface area contributed by atoms with E-state index in [4.69, 9.17) is 4.74 Å². The number of nitrogens with zero attached hydrogens (tertiary/aromatic N) is 2. The number of carbonyl (C=O) groups excluding carboxylic acids is 2. The highest BCUT2D eigenvalue weighted by Crippen LogP contribution is 2.25. The topological polar surface area (TPSA) is 71.5 Å². The zero-order valence-electron chi connectivity index (χ0n) is 18.0. The van der Waals surface area contributed by atoms with Crippen LogP contribution in [0.1, 0.15) is 56.4 Å². The number of alkyl halides is 1. The molecule has 0 aromatic carbocycles. The first-order chi connectivity index (χ1) is 13.8. The van der Waals surface area contributed by atoms with Crippen molar-refractivity contribution in [2.75, 3.05) is 32.8 Å². The molecular weight excluding hydrogens is 373 g/mol. The molecule has 1 aliphatic heterocycles. The Labute approximate surface area is 173 Å². The molecule has 0 spiro atoms. The Morgan fingerprint density at radius 2 is 2.10 bits per heavy atom. The summed E-state index contributed by atoms with van der Waals surface area (Å²) in [5, 5.41) is 2.85. The van der Waals surface area contributed by atoms with Crippen LogP contribution in [0.15, 0.2) is 12.3 Å². The van der Waals surface area contributed by atoms with Crippen LogP contribution < -0.4 is 5.32 Å². The molecule has 1 aliphatic rings. The van der Waals surface area contributed by atoms with Crippen LogP contribution in [-0.4, -0.2) is 60.7 Å². The highest BCUT2D eigenvalue weighted by molar-refractivity contribution is 5.83. The molecule has 1 saturated heterocycles. The van der Waals surface area contributed by atoms with Crippen molar-refractivity contribution >= 4 is 11.9 Å². The van der Waals surface area contributed by atoms with Gasteiger partial charge in [0, 0.05) is 32.4 Å². The molecule has 162 valence electrons. The van der Waals surface area contributed by atoms with Gasteiger partial charge in [-0.15, -0.1) is 0 Å². The van der Waals surface area contributed by atoms with Gasteiger partial charge >= 0.3 is 5.97 Å². The second-order valence-electron chi connectivity index (χ2n) is 8.17. The second kappa shape index (κ2) is 11.2. The normalized spacial score (nSPS) is 15.8. The van der Waals surface area contributed by atoms with Crippen molar-refractivity contribution in [3.63, 3.8) is 0 Å². The molecule has 2 heterocycles. The van der Waals surface area contributed by atoms with Crippen molar-refractivity contribution in [2.45, 2.75) is 59.0 Å². The van der Waals surface area contributed by atoms with Crippen LogP contribution in [0.2, 0.25) is 0 Å². The number of hydrogen-bond donors (Lipinski definition) is 1. The van der Waals surface area contributed by atoms with Gasteiger partial charge in [0.2, 0.25) is 5.91 Å². The van der Waals surface area contributed by atoms with Crippen LogP contribution in [0, 0.1) is 12.8 Å². The predicted molar refractivity (Wildman–Crippen MR) is 110 cm³/mol. The molecule has 0 radical (unpaired) electrons. The van der Waals surface area contributed by atoms with Crippen molar-refractivity contribution in [1.82, 2.24) is 15.2 Å². The minimum atomic E-state index is -0.696. The molecular formula is C22H34FN3O3. The van der Waals surface area contributed by atoms with Gasteiger partial charge in [0.05, 0.1) is 24.6 Å². The second-order valence-corrected chi connectivity index (χ2v) is 8.17. The Morgan fingerprint density at radius 3 is 2.72 bits per heavy atom. The van der Waals surface area contributed by atoms with E-state index in [-0.39, 0.29) is 30.8 Å². The number of hydrogen-bond acceptors (Lipinski definition) is 5. The fraction of sp³-hybridized carbons (Fsp3) is 0.682. The third-order valence-corrected chi connectivity index (χ3v) is 5.16. The van der Waals surface area contributed by atoms with Gasteiger partial charge in [0.25, 0.3) is 0 Å². The van der Waals surface area contributed by atoms with Gasteiger partial charge in [-0.2, -0.15) is 0 Å². The molecule has 1 aromatic rings. The molecule has 1 aromatic heterocycles. The van der Waals surface area contributed by atoms with Crippen molar-refractivity contribution in [2.24, 2.45) is 5.92 Å². The van der Waals surface area contributed by atoms with Gasteiger partial charge in [0.1, 0.15) is 6.17 Å². The summed E-state index contributed by atoms with van der Waals surface area (Å²) in [6, 6.07) is 2.01. The van der Waals surface area contributed by atoms with Gasteiger partial charge in [-0.05, 0) is 49.8 Å². The third kappa shape index (κ3) is 7.38. The highest BCUT2D eigenvalue weighted by atomic mass is 19.1. The third-order valence-electron chi connectivity index (χ3n) is 5.16. The van der Waals surface area contributed by atoms with Crippen molar-refractivity contribution < 1.29 is 18.7 Å². The number of rotatable bonds is 11. The first kappa shape index (κ1) is 23.3. The number of nitrogens with one attached hydrogen (secondary N) is 1. The van der Waals surface area contributed by atoms with Crippen LogP contribution in [0.4, 0.5) is 4.39 Å². The SMILES string of the molecule is CCOC(=O)CCNC(=O)C(CC(C)C)c1cc(CCN2CC(F)C2)c(C)cn1. The lowest BCUT2D eigenvalue weighted by atomic mass is 9.91. The number of ether oxygens (including phenoxy) is 1. The van der Waals surface area contributed by atoms with E-state index < -0.39 is 6.17 Å². The van der Waals surface area contributed by atoms with E-state index in [9.17, 15) is 14.0 Å². The summed E-state index contributed by atoms with van der Waals surface area (Å²) in [4.78, 5) is 30.9. The molecule has 1 unspecified atom stereocenters. The van der Waals surface area contributed by atoms with Gasteiger partial charge in [-0.25, -0.2) is 4.39 Å². The zero-order valence-corrected chi connectivity index (χ0v) is 18.0. The maximum Gasteiger partial charge on any atom is 0.307 e. The Balaban J connectivity index is 2.02. The Morgan fingerprint density at radius 1 is 1.38 bits per heavy atom. The van der Waals surface area contributed by atoms with Crippen molar-refractivity contribution in [3.05, 3.63) is 29.1 Å². The van der Waals surface area contributed by atoms with Crippen LogP contribution in [-0.2, 0) is 20.7 Å². The first-order valence-corrected chi connectivity index (χ1v) is 10.5. The Bertz CT molecular complexity index is 690. The van der Waals surface area contributed by atoms with Crippen LogP contribution in [0.25, 0.3) is 0 Å². The number of pyridine rings is 1. The van der Waals surface area contributed by atoms with E-state index in [0.717, 1.165) is 29.8 Å². The van der Waals surface area contributed by atoms with E-state index in [1.54, 1.807) is 6.92 Å². The predicted octanol–water partition coefficient (Wildman–Crippen LogP) is 2.79. The summed E-state index contributed by atoms with van der Waals surface area (Å²) in [5.74, 6) is -0.473. The van der Waals surface area contributed by atoms with Crippen LogP contribution in [0.3, 0.4) is 0 Å². The number of likely N-dealkylation sites (tertiary alicyclic amines) is 1. The monoisotopic (exact) mass is 407 g/mol. The Hall–Kier alpha value is -2.02. The molecule has 29 heavy (non-hydrogen) atoms. The number of carbonyl (C=O) groups is 2. The summed E-state index contributed by atoms with van der Waals surface area (Å²) in [6.07, 6.45) is 2.77. The van der Waals surface area contributed by atoms with Gasteiger partial charge < -0.3 is 10.1 Å². The smallest absolute Gasteiger partial charge is 0.307 e. The van der Waals surface area contributed by atoms with Crippen LogP contribution >= 0.6 is 0 Å². The Kier molecular flexibility index (Phi) is 9.01. The standard InChI is InChI=1S/C22H34FN3O3/c1-5-29-21(27)6-8-24-22(28)19(10-15(2)3)20-11-17(16(4)12-25-20)7-9-26-13-18(23)14-26/h11-12,15,18-19H,5-10,13-14H2,1-4H3,(H,24,28). The average Bonchev–Trinajstić information content (AvgIpc) is 2.63. The molecule has 1 N–H and O–H groups in total. The van der Waals surface area contributed by atoms with Gasteiger partial charge in [-0.1, -0.05) is 13.8 Å². The van der Waals surface area contributed by atoms with E-state index in [1.807, 2.05) is 19.2 Å². The summed E-state index contributed by atoms with van der Waals surface area (Å²) in [7, 11) is 0. The summed E-state index contributed by atoms with van der Waals surface area (Å²) >= 11 is 0. The number of esters is 1. The molecule has 2 rings (SSSR count). The average molecular weight is 408 g/mol. The molecule has 0 saturated carbocycles. The largest absolute Gasteiger partial charge is 0.466 e. The van der Waals surface area contributed by atoms with Gasteiger partial charge in [0.15, 0.2) is 0 Å². The lowest BCUT2D eigenvalue weighted by Crippen LogP contribution is -2.48. The summed E-state index contributed by atoms with van der Waals surface area (Å²) in [5.41, 5.74) is 2.97. The van der Waals surface area contributed by atoms with E-state index >= 15 is 0 Å². The fourth-order valence-electron chi connectivity index (χ4n) is 3.49. The number of aromatic nitrogens is 1. The quantitative estimate of drug-likeness (QED) is 0.571. The molecule has 0 aliphatic carbocycles. The van der Waals surface area contributed by atoms with E-state index in [2.05, 4.69) is 29.0 Å². The number of amides is 1. The van der Waals surface area contributed by atoms with Crippen molar-refractivity contribution in [3.8, 4) is 0 Å². The molecule has 1 atom stereocenters.